The number of carbonyl (C=O) groups is 1. The molecular formula is C20H20N2O2S. The van der Waals surface area contributed by atoms with Crippen LogP contribution in [0.3, 0.4) is 0 Å². The SMILES string of the molecule is CCOC(=O)c1c(N=Cc2c[nH]c3ccccc23)sc2c1CCCC2. The number of aromatic nitrogens is 1. The lowest BCUT2D eigenvalue weighted by Crippen LogP contribution is -2.09. The summed E-state index contributed by atoms with van der Waals surface area (Å²) in [7, 11) is 0. The molecule has 1 aliphatic carbocycles. The molecule has 0 aliphatic heterocycles. The number of aromatic amines is 1. The van der Waals surface area contributed by atoms with E-state index in [9.17, 15) is 4.79 Å². The van der Waals surface area contributed by atoms with Gasteiger partial charge in [0, 0.05) is 33.8 Å². The number of H-pyrrole nitrogens is 1. The van der Waals surface area contributed by atoms with E-state index in [2.05, 4.69) is 16.0 Å². The normalized spacial score (nSPS) is 14.1. The molecule has 0 fully saturated rings. The zero-order valence-electron chi connectivity index (χ0n) is 14.2. The second-order valence-corrected chi connectivity index (χ2v) is 7.24. The smallest absolute Gasteiger partial charge is 0.341 e. The summed E-state index contributed by atoms with van der Waals surface area (Å²) >= 11 is 1.63. The molecule has 0 radical (unpaired) electrons. The molecule has 0 bridgehead atoms. The molecule has 0 amide bonds. The van der Waals surface area contributed by atoms with E-state index in [-0.39, 0.29) is 5.97 Å². The van der Waals surface area contributed by atoms with Crippen LogP contribution in [0, 0.1) is 0 Å². The third-order valence-corrected chi connectivity index (χ3v) is 5.77. The van der Waals surface area contributed by atoms with Crippen LogP contribution in [0.2, 0.25) is 0 Å². The summed E-state index contributed by atoms with van der Waals surface area (Å²) in [5.41, 5.74) is 3.94. The molecule has 0 saturated heterocycles. The molecular weight excluding hydrogens is 332 g/mol. The number of rotatable bonds is 4. The number of thiophene rings is 1. The first-order valence-corrected chi connectivity index (χ1v) is 9.51. The number of hydrogen-bond acceptors (Lipinski definition) is 4. The van der Waals surface area contributed by atoms with Crippen molar-refractivity contribution in [2.24, 2.45) is 4.99 Å². The Balaban J connectivity index is 1.74. The van der Waals surface area contributed by atoms with Gasteiger partial charge in [-0.15, -0.1) is 11.3 Å². The highest BCUT2D eigenvalue weighted by atomic mass is 32.1. The van der Waals surface area contributed by atoms with Gasteiger partial charge < -0.3 is 9.72 Å². The summed E-state index contributed by atoms with van der Waals surface area (Å²) in [6.07, 6.45) is 8.09. The first kappa shape index (κ1) is 16.1. The summed E-state index contributed by atoms with van der Waals surface area (Å²) in [5.74, 6) is -0.243. The van der Waals surface area contributed by atoms with Gasteiger partial charge in [0.2, 0.25) is 0 Å². The van der Waals surface area contributed by atoms with Crippen molar-refractivity contribution in [2.45, 2.75) is 32.6 Å². The number of nitrogens with zero attached hydrogens (tertiary/aromatic N) is 1. The number of hydrogen-bond donors (Lipinski definition) is 1. The Morgan fingerprint density at radius 3 is 3.04 bits per heavy atom. The van der Waals surface area contributed by atoms with Crippen molar-refractivity contribution in [1.82, 2.24) is 4.98 Å². The Hall–Kier alpha value is -2.40. The standard InChI is InChI=1S/C20H20N2O2S/c1-2-24-20(23)18-15-8-4-6-10-17(15)25-19(18)22-12-13-11-21-16-9-5-3-7-14(13)16/h3,5,7,9,11-12,21H,2,4,6,8,10H2,1H3. The minimum absolute atomic E-state index is 0.243. The number of nitrogens with one attached hydrogen (secondary N) is 1. The second kappa shape index (κ2) is 6.84. The zero-order chi connectivity index (χ0) is 17.2. The fourth-order valence-electron chi connectivity index (χ4n) is 3.39. The minimum atomic E-state index is -0.243. The number of para-hydroxylation sites is 1. The van der Waals surface area contributed by atoms with Gasteiger partial charge in [0.15, 0.2) is 0 Å². The van der Waals surface area contributed by atoms with Gasteiger partial charge in [-0.2, -0.15) is 0 Å². The maximum Gasteiger partial charge on any atom is 0.341 e. The third-order valence-electron chi connectivity index (χ3n) is 4.57. The lowest BCUT2D eigenvalue weighted by atomic mass is 9.95. The molecule has 0 unspecified atom stereocenters. The Kier molecular flexibility index (Phi) is 4.40. The lowest BCUT2D eigenvalue weighted by molar-refractivity contribution is 0.0526. The van der Waals surface area contributed by atoms with Gasteiger partial charge in [-0.3, -0.25) is 0 Å². The molecule has 3 aromatic rings. The van der Waals surface area contributed by atoms with Crippen molar-refractivity contribution in [2.75, 3.05) is 6.61 Å². The van der Waals surface area contributed by atoms with Gasteiger partial charge in [-0.05, 0) is 44.2 Å². The zero-order valence-corrected chi connectivity index (χ0v) is 15.0. The second-order valence-electron chi connectivity index (χ2n) is 6.16. The van der Waals surface area contributed by atoms with Crippen LogP contribution in [0.15, 0.2) is 35.5 Å². The number of fused-ring (bicyclic) bond motifs is 2. The predicted octanol–water partition coefficient (Wildman–Crippen LogP) is 5.04. The van der Waals surface area contributed by atoms with Crippen LogP contribution in [0.25, 0.3) is 10.9 Å². The molecule has 4 nitrogen and oxygen atoms in total. The first-order valence-electron chi connectivity index (χ1n) is 8.69. The highest BCUT2D eigenvalue weighted by molar-refractivity contribution is 7.16. The maximum absolute atomic E-state index is 12.5. The van der Waals surface area contributed by atoms with Crippen LogP contribution in [0.4, 0.5) is 5.00 Å². The van der Waals surface area contributed by atoms with Crippen molar-refractivity contribution >= 4 is 39.4 Å². The largest absolute Gasteiger partial charge is 0.462 e. The van der Waals surface area contributed by atoms with Gasteiger partial charge in [-0.1, -0.05) is 18.2 Å². The highest BCUT2D eigenvalue weighted by Crippen LogP contribution is 2.40. The van der Waals surface area contributed by atoms with Crippen LogP contribution in [0.1, 0.15) is 46.1 Å². The minimum Gasteiger partial charge on any atom is -0.462 e. The van der Waals surface area contributed by atoms with Crippen molar-refractivity contribution in [3.63, 3.8) is 0 Å². The van der Waals surface area contributed by atoms with E-state index in [0.717, 1.165) is 46.3 Å². The Labute approximate surface area is 150 Å². The third kappa shape index (κ3) is 3.00. The van der Waals surface area contributed by atoms with Gasteiger partial charge >= 0.3 is 5.97 Å². The molecule has 0 atom stereocenters. The molecule has 2 aromatic heterocycles. The number of aliphatic imine (C=N–C) groups is 1. The predicted molar refractivity (Wildman–Crippen MR) is 102 cm³/mol. The van der Waals surface area contributed by atoms with Crippen LogP contribution < -0.4 is 0 Å². The molecule has 2 heterocycles. The topological polar surface area (TPSA) is 54.4 Å². The average molecular weight is 352 g/mol. The molecule has 1 N–H and O–H groups in total. The molecule has 128 valence electrons. The summed E-state index contributed by atoms with van der Waals surface area (Å²) in [6, 6.07) is 8.13. The van der Waals surface area contributed by atoms with Gasteiger partial charge in [0.25, 0.3) is 0 Å². The molecule has 0 spiro atoms. The summed E-state index contributed by atoms with van der Waals surface area (Å²) < 4.78 is 5.29. The van der Waals surface area contributed by atoms with E-state index in [1.54, 1.807) is 11.3 Å². The summed E-state index contributed by atoms with van der Waals surface area (Å²) in [6.45, 7) is 2.22. The van der Waals surface area contributed by atoms with E-state index >= 15 is 0 Å². The van der Waals surface area contributed by atoms with E-state index in [1.807, 2.05) is 37.5 Å². The van der Waals surface area contributed by atoms with E-state index in [4.69, 9.17) is 4.74 Å². The van der Waals surface area contributed by atoms with Crippen molar-refractivity contribution in [3.8, 4) is 0 Å². The maximum atomic E-state index is 12.5. The molecule has 1 aromatic carbocycles. The fraction of sp³-hybridized carbons (Fsp3) is 0.300. The van der Waals surface area contributed by atoms with Crippen LogP contribution in [-0.4, -0.2) is 23.8 Å². The Morgan fingerprint density at radius 1 is 1.32 bits per heavy atom. The van der Waals surface area contributed by atoms with Crippen molar-refractivity contribution in [3.05, 3.63) is 52.0 Å². The van der Waals surface area contributed by atoms with E-state index in [0.29, 0.717) is 12.2 Å². The van der Waals surface area contributed by atoms with Gasteiger partial charge in [0.05, 0.1) is 12.2 Å². The average Bonchev–Trinajstić information content (AvgIpc) is 3.21. The number of benzene rings is 1. The number of aryl methyl sites for hydroxylation is 1. The van der Waals surface area contributed by atoms with Crippen molar-refractivity contribution < 1.29 is 9.53 Å². The van der Waals surface area contributed by atoms with Crippen LogP contribution in [-0.2, 0) is 17.6 Å². The molecule has 1 aliphatic rings. The first-order chi connectivity index (χ1) is 12.3. The highest BCUT2D eigenvalue weighted by Gasteiger charge is 2.26. The number of esters is 1. The Morgan fingerprint density at radius 2 is 2.16 bits per heavy atom. The van der Waals surface area contributed by atoms with Gasteiger partial charge in [-0.25, -0.2) is 9.79 Å². The fourth-order valence-corrected chi connectivity index (χ4v) is 4.61. The van der Waals surface area contributed by atoms with E-state index < -0.39 is 0 Å². The van der Waals surface area contributed by atoms with Gasteiger partial charge in [0.1, 0.15) is 5.00 Å². The molecule has 5 heteroatoms. The van der Waals surface area contributed by atoms with Crippen LogP contribution in [0.5, 0.6) is 0 Å². The number of carbonyl (C=O) groups excluding carboxylic acids is 1. The molecule has 25 heavy (non-hydrogen) atoms. The summed E-state index contributed by atoms with van der Waals surface area (Å²) in [5, 5.41) is 1.90. The number of ether oxygens (including phenoxy) is 1. The monoisotopic (exact) mass is 352 g/mol. The van der Waals surface area contributed by atoms with E-state index in [1.165, 1.54) is 11.3 Å². The lowest BCUT2D eigenvalue weighted by Gasteiger charge is -2.11. The van der Waals surface area contributed by atoms with Crippen LogP contribution >= 0.6 is 11.3 Å². The van der Waals surface area contributed by atoms with Crippen molar-refractivity contribution in [1.29, 1.82) is 0 Å². The quantitative estimate of drug-likeness (QED) is 0.528. The Bertz CT molecular complexity index is 952. The summed E-state index contributed by atoms with van der Waals surface area (Å²) in [4.78, 5) is 21.7. The molecule has 0 saturated carbocycles. The molecule has 4 rings (SSSR count).